The molecule has 2 rings (SSSR count). The first kappa shape index (κ1) is 8.66. The van der Waals surface area contributed by atoms with Crippen molar-refractivity contribution in [2.75, 3.05) is 0 Å². The highest BCUT2D eigenvalue weighted by Gasteiger charge is 2.12. The third kappa shape index (κ3) is 1.71. The summed E-state index contributed by atoms with van der Waals surface area (Å²) in [5.41, 5.74) is 2.66. The highest BCUT2D eigenvalue weighted by molar-refractivity contribution is 5.25. The molecule has 0 fully saturated rings. The Labute approximate surface area is 77.1 Å². The Hall–Kier alpha value is -0.930. The Morgan fingerprint density at radius 2 is 1.92 bits per heavy atom. The van der Waals surface area contributed by atoms with Gasteiger partial charge in [-0.25, -0.2) is 0 Å². The zero-order valence-corrected chi connectivity index (χ0v) is 7.40. The fourth-order valence-corrected chi connectivity index (χ4v) is 1.74. The van der Waals surface area contributed by atoms with E-state index in [1.807, 2.05) is 6.07 Å². The van der Waals surface area contributed by atoms with E-state index in [9.17, 15) is 0 Å². The third-order valence-electron chi connectivity index (χ3n) is 2.46. The maximum atomic E-state index is 8.92. The van der Waals surface area contributed by atoms with Crippen molar-refractivity contribution in [3.05, 3.63) is 29.1 Å². The molecule has 13 heavy (non-hydrogen) atoms. The quantitative estimate of drug-likeness (QED) is 0.631. The first-order chi connectivity index (χ1) is 6.27. The summed E-state index contributed by atoms with van der Waals surface area (Å²) in [6.45, 7) is 0. The van der Waals surface area contributed by atoms with Gasteiger partial charge in [-0.3, -0.25) is 4.98 Å². The van der Waals surface area contributed by atoms with Crippen molar-refractivity contribution in [3.63, 3.8) is 0 Å². The van der Waals surface area contributed by atoms with Gasteiger partial charge in [-0.15, -0.1) is 0 Å². The van der Waals surface area contributed by atoms with E-state index in [1.165, 1.54) is 12.0 Å². The lowest BCUT2D eigenvalue weighted by atomic mass is 9.96. The van der Waals surface area contributed by atoms with Crippen LogP contribution >= 0.6 is 0 Å². The summed E-state index contributed by atoms with van der Waals surface area (Å²) in [4.78, 5) is 4.21. The Morgan fingerprint density at radius 1 is 1.15 bits per heavy atom. The molecule has 0 radical (unpaired) electrons. The van der Waals surface area contributed by atoms with E-state index in [2.05, 4.69) is 4.98 Å². The van der Waals surface area contributed by atoms with Crippen LogP contribution in [0.25, 0.3) is 0 Å². The molecule has 0 unspecified atom stereocenters. The Kier molecular flexibility index (Phi) is 2.29. The van der Waals surface area contributed by atoms with Gasteiger partial charge in [0.25, 0.3) is 0 Å². The summed E-state index contributed by atoms with van der Waals surface area (Å²) < 4.78 is 0. The van der Waals surface area contributed by atoms with Gasteiger partial charge in [0.05, 0.1) is 5.69 Å². The van der Waals surface area contributed by atoms with Gasteiger partial charge >= 0.3 is 0 Å². The van der Waals surface area contributed by atoms with Gasteiger partial charge in [0.15, 0.2) is 6.29 Å². The number of rotatable bonds is 1. The van der Waals surface area contributed by atoms with Crippen LogP contribution in [0.1, 0.15) is 36.1 Å². The summed E-state index contributed by atoms with van der Waals surface area (Å²) in [7, 11) is 0. The predicted octanol–water partition coefficient (Wildman–Crippen LogP) is 0.944. The van der Waals surface area contributed by atoms with Crippen LogP contribution in [0.4, 0.5) is 0 Å². The highest BCUT2D eigenvalue weighted by atomic mass is 16.5. The summed E-state index contributed by atoms with van der Waals surface area (Å²) >= 11 is 0. The molecule has 0 amide bonds. The van der Waals surface area contributed by atoms with Crippen molar-refractivity contribution < 1.29 is 10.2 Å². The van der Waals surface area contributed by atoms with Gasteiger partial charge in [0, 0.05) is 5.69 Å². The van der Waals surface area contributed by atoms with Gasteiger partial charge < -0.3 is 10.2 Å². The first-order valence-electron chi connectivity index (χ1n) is 4.62. The number of hydrogen-bond acceptors (Lipinski definition) is 3. The van der Waals surface area contributed by atoms with Crippen molar-refractivity contribution in [2.24, 2.45) is 0 Å². The van der Waals surface area contributed by atoms with Crippen molar-refractivity contribution in [1.29, 1.82) is 0 Å². The minimum Gasteiger partial charge on any atom is -0.363 e. The lowest BCUT2D eigenvalue weighted by Crippen LogP contribution is -2.08. The smallest absolute Gasteiger partial charge is 0.196 e. The lowest BCUT2D eigenvalue weighted by molar-refractivity contribution is -0.0459. The molecule has 0 aliphatic heterocycles. The molecule has 3 heteroatoms. The van der Waals surface area contributed by atoms with Crippen LogP contribution in [0.3, 0.4) is 0 Å². The van der Waals surface area contributed by atoms with Gasteiger partial charge in [-0.05, 0) is 37.3 Å². The summed E-state index contributed by atoms with van der Waals surface area (Å²) in [5.74, 6) is 0. The van der Waals surface area contributed by atoms with Crippen LogP contribution in [0, 0.1) is 0 Å². The molecular formula is C10H13NO2. The van der Waals surface area contributed by atoms with E-state index in [-0.39, 0.29) is 0 Å². The average molecular weight is 179 g/mol. The van der Waals surface area contributed by atoms with Crippen LogP contribution in [-0.2, 0) is 12.8 Å². The van der Waals surface area contributed by atoms with E-state index in [0.29, 0.717) is 5.69 Å². The number of fused-ring (bicyclic) bond motifs is 1. The molecule has 1 aromatic heterocycles. The first-order valence-corrected chi connectivity index (χ1v) is 4.62. The van der Waals surface area contributed by atoms with Gasteiger partial charge in [-0.1, -0.05) is 6.07 Å². The second-order valence-corrected chi connectivity index (χ2v) is 3.42. The van der Waals surface area contributed by atoms with Crippen molar-refractivity contribution in [3.8, 4) is 0 Å². The largest absolute Gasteiger partial charge is 0.363 e. The van der Waals surface area contributed by atoms with E-state index in [0.717, 1.165) is 25.0 Å². The maximum absolute atomic E-state index is 8.92. The Bertz CT molecular complexity index is 310. The second kappa shape index (κ2) is 3.44. The molecule has 1 heterocycles. The molecule has 0 saturated heterocycles. The highest BCUT2D eigenvalue weighted by Crippen LogP contribution is 2.20. The van der Waals surface area contributed by atoms with Crippen LogP contribution in [-0.4, -0.2) is 15.2 Å². The number of aliphatic hydroxyl groups is 2. The van der Waals surface area contributed by atoms with E-state index in [4.69, 9.17) is 10.2 Å². The number of aryl methyl sites for hydroxylation is 2. The maximum Gasteiger partial charge on any atom is 0.196 e. The monoisotopic (exact) mass is 179 g/mol. The third-order valence-corrected chi connectivity index (χ3v) is 2.46. The van der Waals surface area contributed by atoms with Crippen LogP contribution < -0.4 is 0 Å². The number of pyridine rings is 1. The van der Waals surface area contributed by atoms with Crippen LogP contribution in [0.2, 0.25) is 0 Å². The molecule has 0 atom stereocenters. The molecule has 0 saturated carbocycles. The van der Waals surface area contributed by atoms with Crippen LogP contribution in [0.5, 0.6) is 0 Å². The molecular weight excluding hydrogens is 166 g/mol. The minimum atomic E-state index is -1.44. The second-order valence-electron chi connectivity index (χ2n) is 3.42. The standard InChI is InChI=1S/C10H13NO2/c12-10(13)9-6-5-7-3-1-2-4-8(7)11-9/h5-6,10,12-13H,1-4H2. The van der Waals surface area contributed by atoms with E-state index >= 15 is 0 Å². The van der Waals surface area contributed by atoms with Gasteiger partial charge in [0.1, 0.15) is 0 Å². The molecule has 70 valence electrons. The number of nitrogens with zero attached hydrogens (tertiary/aromatic N) is 1. The Balaban J connectivity index is 2.35. The molecule has 1 aliphatic carbocycles. The molecule has 3 nitrogen and oxygen atoms in total. The Morgan fingerprint density at radius 3 is 2.69 bits per heavy atom. The summed E-state index contributed by atoms with van der Waals surface area (Å²) in [5, 5.41) is 17.8. The predicted molar refractivity (Wildman–Crippen MR) is 48.1 cm³/mol. The molecule has 0 aromatic carbocycles. The van der Waals surface area contributed by atoms with E-state index < -0.39 is 6.29 Å². The minimum absolute atomic E-state index is 0.362. The number of hydrogen-bond donors (Lipinski definition) is 2. The fraction of sp³-hybridized carbons (Fsp3) is 0.500. The van der Waals surface area contributed by atoms with Crippen molar-refractivity contribution in [2.45, 2.75) is 32.0 Å². The number of aromatic nitrogens is 1. The fourth-order valence-electron chi connectivity index (χ4n) is 1.74. The normalized spacial score (nSPS) is 15.9. The molecule has 0 spiro atoms. The van der Waals surface area contributed by atoms with Gasteiger partial charge in [-0.2, -0.15) is 0 Å². The molecule has 2 N–H and O–H groups in total. The topological polar surface area (TPSA) is 53.4 Å². The molecule has 1 aromatic rings. The average Bonchev–Trinajstić information content (AvgIpc) is 2.17. The van der Waals surface area contributed by atoms with Crippen LogP contribution in [0.15, 0.2) is 12.1 Å². The molecule has 1 aliphatic rings. The zero-order chi connectivity index (χ0) is 9.26. The van der Waals surface area contributed by atoms with E-state index in [1.54, 1.807) is 6.07 Å². The van der Waals surface area contributed by atoms with Crippen molar-refractivity contribution in [1.82, 2.24) is 4.98 Å². The SMILES string of the molecule is OC(O)c1ccc2c(n1)CCCC2. The zero-order valence-electron chi connectivity index (χ0n) is 7.40. The lowest BCUT2D eigenvalue weighted by Gasteiger charge is -2.15. The van der Waals surface area contributed by atoms with Crippen molar-refractivity contribution >= 4 is 0 Å². The molecule has 0 bridgehead atoms. The van der Waals surface area contributed by atoms with Gasteiger partial charge in [0.2, 0.25) is 0 Å². The number of aliphatic hydroxyl groups excluding tert-OH is 1. The summed E-state index contributed by atoms with van der Waals surface area (Å²) in [6, 6.07) is 3.64. The summed E-state index contributed by atoms with van der Waals surface area (Å²) in [6.07, 6.45) is 2.98.